The molecule has 56 valence electrons. The number of halogens is 1. The van der Waals surface area contributed by atoms with Crippen molar-refractivity contribution in [1.29, 1.82) is 0 Å². The highest BCUT2D eigenvalue weighted by molar-refractivity contribution is 8.13. The first-order valence-corrected chi connectivity index (χ1v) is 5.73. The van der Waals surface area contributed by atoms with Gasteiger partial charge in [-0.3, -0.25) is 4.98 Å². The summed E-state index contributed by atoms with van der Waals surface area (Å²) >= 11 is 1.28. The van der Waals surface area contributed by atoms with Crippen LogP contribution in [-0.2, 0) is 14.8 Å². The van der Waals surface area contributed by atoms with Gasteiger partial charge in [-0.1, -0.05) is 0 Å². The van der Waals surface area contributed by atoms with Crippen molar-refractivity contribution in [2.45, 2.75) is 5.75 Å². The zero-order valence-corrected chi connectivity index (χ0v) is 7.21. The highest BCUT2D eigenvalue weighted by Gasteiger charge is 2.07. The van der Waals surface area contributed by atoms with E-state index >= 15 is 0 Å². The molecule has 0 fully saturated rings. The van der Waals surface area contributed by atoms with E-state index in [1.54, 1.807) is 5.51 Å². The maximum Gasteiger partial charge on any atom is 0.237 e. The Labute approximate surface area is 67.1 Å². The van der Waals surface area contributed by atoms with E-state index in [-0.39, 0.29) is 5.75 Å². The lowest BCUT2D eigenvalue weighted by Crippen LogP contribution is -1.91. The summed E-state index contributed by atoms with van der Waals surface area (Å²) in [6, 6.07) is 0. The summed E-state index contributed by atoms with van der Waals surface area (Å²) in [4.78, 5) is 4.36. The lowest BCUT2D eigenvalue weighted by molar-refractivity contribution is 0.609. The first-order valence-electron chi connectivity index (χ1n) is 2.37. The largest absolute Gasteiger partial charge is 0.253 e. The van der Waals surface area contributed by atoms with Gasteiger partial charge in [0, 0.05) is 21.8 Å². The van der Waals surface area contributed by atoms with Crippen LogP contribution in [0, 0.1) is 0 Å². The first kappa shape index (κ1) is 7.97. The summed E-state index contributed by atoms with van der Waals surface area (Å²) in [5.74, 6) is -0.126. The van der Waals surface area contributed by atoms with Crippen LogP contribution in [0.4, 0.5) is 0 Å². The van der Waals surface area contributed by atoms with Crippen LogP contribution in [0.15, 0.2) is 11.7 Å². The monoisotopic (exact) mass is 197 g/mol. The SMILES string of the molecule is O=S(=O)(Cl)Cc1cncs1. The minimum atomic E-state index is -3.40. The van der Waals surface area contributed by atoms with Crippen LogP contribution < -0.4 is 0 Å². The number of rotatable bonds is 2. The van der Waals surface area contributed by atoms with E-state index in [2.05, 4.69) is 4.98 Å². The van der Waals surface area contributed by atoms with Crippen LogP contribution in [0.25, 0.3) is 0 Å². The molecule has 3 nitrogen and oxygen atoms in total. The van der Waals surface area contributed by atoms with E-state index < -0.39 is 9.05 Å². The van der Waals surface area contributed by atoms with E-state index in [0.29, 0.717) is 4.88 Å². The second-order valence-corrected chi connectivity index (χ2v) is 5.40. The molecule has 0 saturated heterocycles. The van der Waals surface area contributed by atoms with Crippen LogP contribution in [0.3, 0.4) is 0 Å². The minimum Gasteiger partial charge on any atom is -0.253 e. The van der Waals surface area contributed by atoms with Crippen molar-refractivity contribution in [2.24, 2.45) is 0 Å². The molecule has 0 aliphatic carbocycles. The summed E-state index contributed by atoms with van der Waals surface area (Å²) in [5.41, 5.74) is 1.57. The summed E-state index contributed by atoms with van der Waals surface area (Å²) in [6.07, 6.45) is 1.49. The molecule has 0 radical (unpaired) electrons. The average molecular weight is 198 g/mol. The second-order valence-electron chi connectivity index (χ2n) is 1.65. The molecule has 1 heterocycles. The Balaban J connectivity index is 2.75. The van der Waals surface area contributed by atoms with Gasteiger partial charge in [-0.25, -0.2) is 8.42 Å². The Morgan fingerprint density at radius 1 is 1.70 bits per heavy atom. The molecule has 6 heteroatoms. The molecule has 0 aliphatic rings. The van der Waals surface area contributed by atoms with Crippen molar-refractivity contribution < 1.29 is 8.42 Å². The molecule has 0 N–H and O–H groups in total. The van der Waals surface area contributed by atoms with Gasteiger partial charge in [-0.15, -0.1) is 11.3 Å². The second kappa shape index (κ2) is 2.86. The third-order valence-electron chi connectivity index (χ3n) is 0.798. The smallest absolute Gasteiger partial charge is 0.237 e. The fourth-order valence-corrected chi connectivity index (χ4v) is 2.56. The van der Waals surface area contributed by atoms with Gasteiger partial charge in [0.25, 0.3) is 0 Å². The highest BCUT2D eigenvalue weighted by atomic mass is 35.7. The lowest BCUT2D eigenvalue weighted by atomic mass is 10.6. The third kappa shape index (κ3) is 2.64. The van der Waals surface area contributed by atoms with Gasteiger partial charge in [0.1, 0.15) is 5.75 Å². The van der Waals surface area contributed by atoms with Crippen molar-refractivity contribution in [2.75, 3.05) is 0 Å². The van der Waals surface area contributed by atoms with E-state index in [1.807, 2.05) is 0 Å². The molecule has 1 aromatic rings. The molecule has 0 amide bonds. The van der Waals surface area contributed by atoms with Crippen LogP contribution in [0.1, 0.15) is 4.88 Å². The molecule has 10 heavy (non-hydrogen) atoms. The van der Waals surface area contributed by atoms with E-state index in [9.17, 15) is 8.42 Å². The van der Waals surface area contributed by atoms with Crippen LogP contribution in [-0.4, -0.2) is 13.4 Å². The fraction of sp³-hybridized carbons (Fsp3) is 0.250. The summed E-state index contributed by atoms with van der Waals surface area (Å²) in [7, 11) is 1.57. The standard InChI is InChI=1S/C4H4ClNO2S2/c5-10(7,8)2-4-1-6-3-9-4/h1,3H,2H2. The van der Waals surface area contributed by atoms with Crippen LogP contribution in [0.5, 0.6) is 0 Å². The maximum absolute atomic E-state index is 10.4. The highest BCUT2D eigenvalue weighted by Crippen LogP contribution is 2.12. The number of aromatic nitrogens is 1. The maximum atomic E-state index is 10.4. The summed E-state index contributed by atoms with van der Waals surface area (Å²) < 4.78 is 20.9. The molecule has 0 unspecified atom stereocenters. The molecule has 0 spiro atoms. The molecular weight excluding hydrogens is 194 g/mol. The molecule has 0 aliphatic heterocycles. The van der Waals surface area contributed by atoms with Crippen molar-refractivity contribution in [1.82, 2.24) is 4.98 Å². The Bertz CT molecular complexity index is 291. The molecule has 0 saturated carbocycles. The zero-order chi connectivity index (χ0) is 7.61. The number of hydrogen-bond acceptors (Lipinski definition) is 4. The van der Waals surface area contributed by atoms with E-state index in [4.69, 9.17) is 10.7 Å². The molecule has 0 bridgehead atoms. The van der Waals surface area contributed by atoms with Gasteiger partial charge in [-0.2, -0.15) is 0 Å². The van der Waals surface area contributed by atoms with Crippen molar-refractivity contribution in [3.8, 4) is 0 Å². The van der Waals surface area contributed by atoms with Gasteiger partial charge in [0.15, 0.2) is 0 Å². The Hall–Kier alpha value is -0.130. The topological polar surface area (TPSA) is 47.0 Å². The Morgan fingerprint density at radius 2 is 2.40 bits per heavy atom. The number of nitrogens with zero attached hydrogens (tertiary/aromatic N) is 1. The summed E-state index contributed by atoms with van der Waals surface area (Å²) in [6.45, 7) is 0. The lowest BCUT2D eigenvalue weighted by Gasteiger charge is -1.87. The number of thiazole rings is 1. The van der Waals surface area contributed by atoms with Crippen molar-refractivity contribution in [3.05, 3.63) is 16.6 Å². The van der Waals surface area contributed by atoms with Gasteiger partial charge < -0.3 is 0 Å². The third-order valence-corrected chi connectivity index (χ3v) is 2.74. The molecule has 1 aromatic heterocycles. The summed E-state index contributed by atoms with van der Waals surface area (Å²) in [5, 5.41) is 0. The predicted octanol–water partition coefficient (Wildman–Crippen LogP) is 1.21. The zero-order valence-electron chi connectivity index (χ0n) is 4.82. The van der Waals surface area contributed by atoms with Crippen LogP contribution >= 0.6 is 22.0 Å². The minimum absolute atomic E-state index is 0.126. The molecule has 0 atom stereocenters. The van der Waals surface area contributed by atoms with Gasteiger partial charge in [0.05, 0.1) is 5.51 Å². The first-order chi connectivity index (χ1) is 4.58. The molecule has 0 aromatic carbocycles. The predicted molar refractivity (Wildman–Crippen MR) is 40.6 cm³/mol. The number of hydrogen-bond donors (Lipinski definition) is 0. The van der Waals surface area contributed by atoms with Gasteiger partial charge >= 0.3 is 0 Å². The molecular formula is C4H4ClNO2S2. The fourth-order valence-electron chi connectivity index (χ4n) is 0.483. The Morgan fingerprint density at radius 3 is 2.80 bits per heavy atom. The van der Waals surface area contributed by atoms with Crippen molar-refractivity contribution >= 4 is 31.1 Å². The van der Waals surface area contributed by atoms with Gasteiger partial charge in [-0.05, 0) is 0 Å². The molecule has 1 rings (SSSR count). The van der Waals surface area contributed by atoms with Crippen LogP contribution in [0.2, 0.25) is 0 Å². The normalized spacial score (nSPS) is 11.7. The van der Waals surface area contributed by atoms with Gasteiger partial charge in [0.2, 0.25) is 9.05 Å². The van der Waals surface area contributed by atoms with Crippen molar-refractivity contribution in [3.63, 3.8) is 0 Å². The average Bonchev–Trinajstić information content (AvgIpc) is 2.12. The van der Waals surface area contributed by atoms with E-state index in [0.717, 1.165) is 0 Å². The Kier molecular flexibility index (Phi) is 2.28. The quantitative estimate of drug-likeness (QED) is 0.670. The van der Waals surface area contributed by atoms with E-state index in [1.165, 1.54) is 17.5 Å².